The summed E-state index contributed by atoms with van der Waals surface area (Å²) in [7, 11) is 1.23. The van der Waals surface area contributed by atoms with Gasteiger partial charge in [-0.25, -0.2) is 9.59 Å². The van der Waals surface area contributed by atoms with Crippen LogP contribution in [0.1, 0.15) is 5.56 Å². The highest BCUT2D eigenvalue weighted by atomic mass is 32.1. The average Bonchev–Trinajstić information content (AvgIpc) is 2.59. The number of fused-ring (bicyclic) bond motifs is 1. The van der Waals surface area contributed by atoms with Gasteiger partial charge in [-0.3, -0.25) is 0 Å². The van der Waals surface area contributed by atoms with Crippen LogP contribution < -0.4 is 9.68 Å². The van der Waals surface area contributed by atoms with Gasteiger partial charge in [0, 0.05) is 6.07 Å². The fourth-order valence-corrected chi connectivity index (χ4v) is 2.08. The van der Waals surface area contributed by atoms with E-state index in [1.165, 1.54) is 7.11 Å². The molecule has 0 N–H and O–H groups in total. The normalized spacial score (nSPS) is 10.4. The number of benzene rings is 1. The SMILES string of the molecule is COC(=O)Oc1cc(C)c2oc(=O)sc2c1. The Labute approximate surface area is 94.2 Å². The van der Waals surface area contributed by atoms with Gasteiger partial charge in [-0.2, -0.15) is 0 Å². The Bertz CT molecular complexity index is 595. The van der Waals surface area contributed by atoms with Gasteiger partial charge < -0.3 is 13.9 Å². The van der Waals surface area contributed by atoms with Gasteiger partial charge >= 0.3 is 11.1 Å². The average molecular weight is 240 g/mol. The summed E-state index contributed by atoms with van der Waals surface area (Å²) in [6, 6.07) is 3.17. The Balaban J connectivity index is 2.49. The van der Waals surface area contributed by atoms with Crippen molar-refractivity contribution in [1.29, 1.82) is 0 Å². The van der Waals surface area contributed by atoms with Crippen molar-refractivity contribution < 1.29 is 18.7 Å². The monoisotopic (exact) mass is 240 g/mol. The first kappa shape index (κ1) is 10.7. The van der Waals surface area contributed by atoms with Gasteiger partial charge in [0.1, 0.15) is 5.75 Å². The van der Waals surface area contributed by atoms with Crippen LogP contribution in [0.25, 0.3) is 10.3 Å². The second-order valence-corrected chi connectivity index (χ2v) is 4.06. The number of carbonyl (C=O) groups excluding carboxylic acids is 1. The van der Waals surface area contributed by atoms with Crippen LogP contribution in [0.5, 0.6) is 5.75 Å². The molecule has 0 saturated heterocycles. The van der Waals surface area contributed by atoms with Crippen LogP contribution in [0.2, 0.25) is 0 Å². The number of rotatable bonds is 1. The number of aryl methyl sites for hydroxylation is 1. The molecule has 1 aromatic carbocycles. The molecule has 1 aromatic heterocycles. The van der Waals surface area contributed by atoms with E-state index in [0.29, 0.717) is 16.0 Å². The molecule has 1 heterocycles. The fourth-order valence-electron chi connectivity index (χ4n) is 1.31. The highest BCUT2D eigenvalue weighted by Gasteiger charge is 2.10. The molecule has 84 valence electrons. The molecule has 6 heteroatoms. The fraction of sp³-hybridized carbons (Fsp3) is 0.200. The van der Waals surface area contributed by atoms with Crippen LogP contribution in [0.15, 0.2) is 21.3 Å². The number of ether oxygens (including phenoxy) is 2. The van der Waals surface area contributed by atoms with E-state index >= 15 is 0 Å². The second-order valence-electron chi connectivity index (χ2n) is 3.08. The quantitative estimate of drug-likeness (QED) is 0.565. The second kappa shape index (κ2) is 3.97. The summed E-state index contributed by atoms with van der Waals surface area (Å²) in [5, 5.41) is 0. The maximum Gasteiger partial charge on any atom is 0.513 e. The van der Waals surface area contributed by atoms with Gasteiger partial charge in [-0.05, 0) is 18.6 Å². The van der Waals surface area contributed by atoms with Crippen LogP contribution >= 0.6 is 11.3 Å². The summed E-state index contributed by atoms with van der Waals surface area (Å²) in [4.78, 5) is 21.6. The standard InChI is InChI=1S/C10H8O5S/c1-5-3-6(14-9(11)13-2)4-7-8(5)15-10(12)16-7/h3-4H,1-2H3. The Kier molecular flexibility index (Phi) is 2.66. The summed E-state index contributed by atoms with van der Waals surface area (Å²) in [5.74, 6) is 0.328. The van der Waals surface area contributed by atoms with Crippen molar-refractivity contribution in [3.05, 3.63) is 27.4 Å². The van der Waals surface area contributed by atoms with Crippen molar-refractivity contribution in [1.82, 2.24) is 0 Å². The zero-order valence-electron chi connectivity index (χ0n) is 8.60. The van der Waals surface area contributed by atoms with Gasteiger partial charge in [-0.1, -0.05) is 11.3 Å². The smallest absolute Gasteiger partial charge is 0.437 e. The van der Waals surface area contributed by atoms with Gasteiger partial charge in [-0.15, -0.1) is 0 Å². The van der Waals surface area contributed by atoms with Crippen LogP contribution in [0.4, 0.5) is 4.79 Å². The number of carbonyl (C=O) groups is 1. The minimum absolute atomic E-state index is 0.328. The van der Waals surface area contributed by atoms with E-state index in [-0.39, 0.29) is 4.94 Å². The molecule has 2 aromatic rings. The molecule has 0 bridgehead atoms. The topological polar surface area (TPSA) is 65.7 Å². The first-order valence-electron chi connectivity index (χ1n) is 4.40. The predicted octanol–water partition coefficient (Wildman–Crippen LogP) is 2.31. The summed E-state index contributed by atoms with van der Waals surface area (Å²) >= 11 is 0.961. The van der Waals surface area contributed by atoms with Gasteiger partial charge in [0.25, 0.3) is 0 Å². The first-order valence-corrected chi connectivity index (χ1v) is 5.22. The lowest BCUT2D eigenvalue weighted by Crippen LogP contribution is -2.07. The molecule has 0 atom stereocenters. The van der Waals surface area contributed by atoms with Crippen molar-refractivity contribution >= 4 is 27.8 Å². The largest absolute Gasteiger partial charge is 0.513 e. The zero-order chi connectivity index (χ0) is 11.7. The lowest BCUT2D eigenvalue weighted by molar-refractivity contribution is 0.121. The third-order valence-corrected chi connectivity index (χ3v) is 2.73. The first-order chi connectivity index (χ1) is 7.60. The van der Waals surface area contributed by atoms with Crippen LogP contribution in [0.3, 0.4) is 0 Å². The molecule has 0 radical (unpaired) electrons. The number of methoxy groups -OCH3 is 1. The molecule has 0 aliphatic carbocycles. The van der Waals surface area contributed by atoms with E-state index in [9.17, 15) is 9.59 Å². The van der Waals surface area contributed by atoms with Gasteiger partial charge in [0.15, 0.2) is 5.58 Å². The minimum Gasteiger partial charge on any atom is -0.437 e. The Morgan fingerprint density at radius 3 is 2.88 bits per heavy atom. The van der Waals surface area contributed by atoms with Crippen LogP contribution in [-0.2, 0) is 4.74 Å². The Morgan fingerprint density at radius 1 is 1.44 bits per heavy atom. The number of hydrogen-bond donors (Lipinski definition) is 0. The van der Waals surface area contributed by atoms with Crippen molar-refractivity contribution in [3.8, 4) is 5.75 Å². The molecule has 0 unspecified atom stereocenters. The van der Waals surface area contributed by atoms with E-state index in [1.54, 1.807) is 19.1 Å². The molecule has 0 saturated carbocycles. The van der Waals surface area contributed by atoms with E-state index in [0.717, 1.165) is 16.9 Å². The van der Waals surface area contributed by atoms with Crippen LogP contribution in [-0.4, -0.2) is 13.3 Å². The lowest BCUT2D eigenvalue weighted by atomic mass is 10.2. The third kappa shape index (κ3) is 1.92. The summed E-state index contributed by atoms with van der Waals surface area (Å²) in [5.41, 5.74) is 1.25. The maximum atomic E-state index is 11.1. The van der Waals surface area contributed by atoms with Crippen molar-refractivity contribution in [3.63, 3.8) is 0 Å². The van der Waals surface area contributed by atoms with E-state index in [4.69, 9.17) is 9.15 Å². The molecule has 2 rings (SSSR count). The molecule has 0 aliphatic heterocycles. The molecular weight excluding hydrogens is 232 g/mol. The minimum atomic E-state index is -0.797. The van der Waals surface area contributed by atoms with Gasteiger partial charge in [0.05, 0.1) is 11.8 Å². The molecule has 16 heavy (non-hydrogen) atoms. The third-order valence-electron chi connectivity index (χ3n) is 1.96. The van der Waals surface area contributed by atoms with E-state index < -0.39 is 6.16 Å². The number of hydrogen-bond acceptors (Lipinski definition) is 6. The molecule has 5 nitrogen and oxygen atoms in total. The maximum absolute atomic E-state index is 11.1. The highest BCUT2D eigenvalue weighted by molar-refractivity contribution is 7.16. The van der Waals surface area contributed by atoms with E-state index in [1.807, 2.05) is 0 Å². The molecule has 0 amide bonds. The molecule has 0 fully saturated rings. The van der Waals surface area contributed by atoms with Crippen LogP contribution in [0, 0.1) is 6.92 Å². The molecule has 0 spiro atoms. The van der Waals surface area contributed by atoms with Crippen molar-refractivity contribution in [2.45, 2.75) is 6.92 Å². The molecule has 0 aliphatic rings. The summed E-state index contributed by atoms with van der Waals surface area (Å²) in [6.07, 6.45) is -0.797. The van der Waals surface area contributed by atoms with Crippen molar-refractivity contribution in [2.75, 3.05) is 7.11 Å². The lowest BCUT2D eigenvalue weighted by Gasteiger charge is -2.03. The zero-order valence-corrected chi connectivity index (χ0v) is 9.42. The summed E-state index contributed by atoms with van der Waals surface area (Å²) in [6.45, 7) is 1.77. The molecular formula is C10H8O5S. The summed E-state index contributed by atoms with van der Waals surface area (Å²) < 4.78 is 14.9. The predicted molar refractivity (Wildman–Crippen MR) is 58.1 cm³/mol. The van der Waals surface area contributed by atoms with E-state index in [2.05, 4.69) is 4.74 Å². The highest BCUT2D eigenvalue weighted by Crippen LogP contribution is 2.26. The Morgan fingerprint density at radius 2 is 2.19 bits per heavy atom. The Hall–Kier alpha value is -1.82. The van der Waals surface area contributed by atoms with Crippen molar-refractivity contribution in [2.24, 2.45) is 0 Å². The van der Waals surface area contributed by atoms with Gasteiger partial charge in [0.2, 0.25) is 0 Å².